The van der Waals surface area contributed by atoms with Crippen molar-refractivity contribution in [1.82, 2.24) is 14.9 Å². The number of aromatic amines is 1. The number of fused-ring (bicyclic) bond motifs is 3. The Kier molecular flexibility index (Phi) is 6.30. The minimum Gasteiger partial charge on any atom is -0.394 e. The molecule has 3 heterocycles. The Bertz CT molecular complexity index is 1000. The van der Waals surface area contributed by atoms with Gasteiger partial charge in [0.15, 0.2) is 0 Å². The highest BCUT2D eigenvalue weighted by Crippen LogP contribution is 2.35. The molecule has 0 saturated carbocycles. The van der Waals surface area contributed by atoms with Gasteiger partial charge in [-0.2, -0.15) is 0 Å². The Morgan fingerprint density at radius 3 is 2.93 bits per heavy atom. The Hall–Kier alpha value is -1.79. The third-order valence-electron chi connectivity index (χ3n) is 5.61. The van der Waals surface area contributed by atoms with Gasteiger partial charge in [0.2, 0.25) is 0 Å². The third-order valence-corrected chi connectivity index (χ3v) is 6.19. The molecular formula is C22H26Cl2N4O. The molecule has 1 atom stereocenters. The fourth-order valence-electron chi connectivity index (χ4n) is 4.19. The van der Waals surface area contributed by atoms with Gasteiger partial charge in [-0.05, 0) is 48.7 Å². The lowest BCUT2D eigenvalue weighted by Crippen LogP contribution is -2.40. The second-order valence-corrected chi connectivity index (χ2v) is 8.34. The van der Waals surface area contributed by atoms with Gasteiger partial charge in [-0.1, -0.05) is 36.5 Å². The number of aryl methyl sites for hydroxylation is 1. The zero-order chi connectivity index (χ0) is 20.4. The summed E-state index contributed by atoms with van der Waals surface area (Å²) in [6.07, 6.45) is 2.83. The van der Waals surface area contributed by atoms with Crippen LogP contribution in [0.2, 0.25) is 10.0 Å². The summed E-state index contributed by atoms with van der Waals surface area (Å²) in [7, 11) is 0. The number of anilines is 1. The van der Waals surface area contributed by atoms with E-state index >= 15 is 0 Å². The zero-order valence-corrected chi connectivity index (χ0v) is 18.0. The van der Waals surface area contributed by atoms with E-state index in [2.05, 4.69) is 27.1 Å². The van der Waals surface area contributed by atoms with E-state index in [1.807, 2.05) is 30.3 Å². The van der Waals surface area contributed by atoms with Gasteiger partial charge in [0.25, 0.3) is 0 Å². The number of aliphatic hydroxyl groups is 1. The number of rotatable bonds is 7. The molecule has 29 heavy (non-hydrogen) atoms. The van der Waals surface area contributed by atoms with Crippen LogP contribution in [0.25, 0.3) is 10.9 Å². The summed E-state index contributed by atoms with van der Waals surface area (Å²) >= 11 is 12.4. The van der Waals surface area contributed by atoms with Crippen LogP contribution in [0.1, 0.15) is 36.3 Å². The molecule has 0 radical (unpaired) electrons. The summed E-state index contributed by atoms with van der Waals surface area (Å²) in [5, 5.41) is 16.1. The van der Waals surface area contributed by atoms with E-state index in [9.17, 15) is 5.11 Å². The maximum Gasteiger partial charge on any atom is 0.126 e. The molecular weight excluding hydrogens is 407 g/mol. The van der Waals surface area contributed by atoms with Crippen LogP contribution in [-0.4, -0.2) is 46.2 Å². The van der Waals surface area contributed by atoms with Gasteiger partial charge in [0.05, 0.1) is 23.4 Å². The van der Waals surface area contributed by atoms with Crippen LogP contribution in [-0.2, 0) is 12.8 Å². The van der Waals surface area contributed by atoms with Gasteiger partial charge in [0, 0.05) is 41.3 Å². The molecule has 0 amide bonds. The predicted octanol–water partition coefficient (Wildman–Crippen LogP) is 4.83. The molecule has 1 unspecified atom stereocenters. The molecule has 0 bridgehead atoms. The molecule has 2 aromatic heterocycles. The summed E-state index contributed by atoms with van der Waals surface area (Å²) in [6, 6.07) is 9.70. The topological polar surface area (TPSA) is 64.2 Å². The van der Waals surface area contributed by atoms with E-state index in [1.54, 1.807) is 0 Å². The molecule has 1 aliphatic heterocycles. The fraction of sp³-hybridized carbons (Fsp3) is 0.409. The van der Waals surface area contributed by atoms with Crippen molar-refractivity contribution in [2.24, 2.45) is 0 Å². The normalized spacial score (nSPS) is 16.9. The van der Waals surface area contributed by atoms with Gasteiger partial charge in [0.1, 0.15) is 5.82 Å². The molecule has 7 heteroatoms. The Morgan fingerprint density at radius 1 is 1.28 bits per heavy atom. The zero-order valence-electron chi connectivity index (χ0n) is 16.5. The highest BCUT2D eigenvalue weighted by atomic mass is 35.5. The minimum atomic E-state index is -0.0412. The van der Waals surface area contributed by atoms with Crippen molar-refractivity contribution in [2.45, 2.75) is 32.2 Å². The molecule has 0 aliphatic carbocycles. The van der Waals surface area contributed by atoms with Crippen LogP contribution in [0, 0.1) is 0 Å². The average molecular weight is 433 g/mol. The minimum absolute atomic E-state index is 0.0412. The molecule has 3 aromatic rings. The van der Waals surface area contributed by atoms with Crippen molar-refractivity contribution in [3.63, 3.8) is 0 Å². The van der Waals surface area contributed by atoms with E-state index in [0.29, 0.717) is 0 Å². The third kappa shape index (κ3) is 4.24. The second kappa shape index (κ2) is 8.92. The van der Waals surface area contributed by atoms with Crippen molar-refractivity contribution >= 4 is 39.9 Å². The first-order valence-electron chi connectivity index (χ1n) is 10.1. The van der Waals surface area contributed by atoms with E-state index in [0.717, 1.165) is 77.1 Å². The Morgan fingerprint density at radius 2 is 2.14 bits per heavy atom. The van der Waals surface area contributed by atoms with E-state index in [4.69, 9.17) is 23.2 Å². The van der Waals surface area contributed by atoms with Crippen LogP contribution in [0.3, 0.4) is 0 Å². The number of aliphatic hydroxyl groups excluding tert-OH is 1. The van der Waals surface area contributed by atoms with Gasteiger partial charge in [-0.25, -0.2) is 4.98 Å². The molecule has 0 saturated heterocycles. The van der Waals surface area contributed by atoms with Crippen molar-refractivity contribution in [1.29, 1.82) is 0 Å². The quantitative estimate of drug-likeness (QED) is 0.500. The van der Waals surface area contributed by atoms with E-state index < -0.39 is 0 Å². The summed E-state index contributed by atoms with van der Waals surface area (Å²) in [4.78, 5) is 10.4. The fourth-order valence-corrected chi connectivity index (χ4v) is 4.56. The van der Waals surface area contributed by atoms with E-state index in [1.165, 1.54) is 5.56 Å². The van der Waals surface area contributed by atoms with Crippen molar-refractivity contribution in [2.75, 3.05) is 31.6 Å². The monoisotopic (exact) mass is 432 g/mol. The van der Waals surface area contributed by atoms with Crippen LogP contribution in [0.15, 0.2) is 30.3 Å². The molecule has 154 valence electrons. The maximum atomic E-state index is 10.1. The van der Waals surface area contributed by atoms with Crippen molar-refractivity contribution in [3.05, 3.63) is 57.3 Å². The van der Waals surface area contributed by atoms with Crippen LogP contribution in [0.4, 0.5) is 5.82 Å². The van der Waals surface area contributed by atoms with Crippen LogP contribution >= 0.6 is 23.2 Å². The summed E-state index contributed by atoms with van der Waals surface area (Å²) < 4.78 is 0. The Labute approximate surface area is 181 Å². The molecule has 1 aromatic carbocycles. The average Bonchev–Trinajstić information content (AvgIpc) is 3.08. The lowest BCUT2D eigenvalue weighted by Gasteiger charge is -2.34. The number of benzene rings is 1. The van der Waals surface area contributed by atoms with Gasteiger partial charge >= 0.3 is 0 Å². The number of nitrogens with one attached hydrogen (secondary N) is 2. The van der Waals surface area contributed by atoms with Crippen molar-refractivity contribution < 1.29 is 5.11 Å². The predicted molar refractivity (Wildman–Crippen MR) is 120 cm³/mol. The smallest absolute Gasteiger partial charge is 0.126 e. The first-order valence-corrected chi connectivity index (χ1v) is 10.9. The van der Waals surface area contributed by atoms with Crippen LogP contribution < -0.4 is 5.32 Å². The van der Waals surface area contributed by atoms with Crippen molar-refractivity contribution in [3.8, 4) is 0 Å². The highest BCUT2D eigenvalue weighted by molar-refractivity contribution is 6.31. The largest absolute Gasteiger partial charge is 0.394 e. The number of H-pyrrole nitrogens is 1. The van der Waals surface area contributed by atoms with E-state index in [-0.39, 0.29) is 12.6 Å². The number of nitrogens with zero attached hydrogens (tertiary/aromatic N) is 2. The molecule has 5 nitrogen and oxygen atoms in total. The number of hydrogen-bond acceptors (Lipinski definition) is 4. The molecule has 0 fully saturated rings. The van der Waals surface area contributed by atoms with Gasteiger partial charge in [-0.15, -0.1) is 0 Å². The number of aromatic nitrogens is 2. The summed E-state index contributed by atoms with van der Waals surface area (Å²) in [6.45, 7) is 4.66. The SMILES string of the molecule is CCCc1nc(NCCN2CCc3c([nH]c4ccc(Cl)cc34)C2CO)ccc1Cl. The van der Waals surface area contributed by atoms with Gasteiger partial charge in [-0.3, -0.25) is 4.90 Å². The number of halogens is 2. The highest BCUT2D eigenvalue weighted by Gasteiger charge is 2.29. The second-order valence-electron chi connectivity index (χ2n) is 7.49. The van der Waals surface area contributed by atoms with Crippen LogP contribution in [0.5, 0.6) is 0 Å². The standard InChI is InChI=1S/C22H26Cl2N4O/c1-2-3-19-17(24)5-7-21(26-19)25-9-11-28-10-8-15-16-12-14(23)4-6-18(16)27-22(15)20(28)13-29/h4-7,12,20,27,29H,2-3,8-11,13H2,1H3,(H,25,26). The molecule has 3 N–H and O–H groups in total. The Balaban J connectivity index is 1.45. The molecule has 0 spiro atoms. The summed E-state index contributed by atoms with van der Waals surface area (Å²) in [5.74, 6) is 0.844. The van der Waals surface area contributed by atoms with Gasteiger partial charge < -0.3 is 15.4 Å². The first-order chi connectivity index (χ1) is 14.1. The molecule has 1 aliphatic rings. The first kappa shape index (κ1) is 20.5. The molecule has 4 rings (SSSR count). The lowest BCUT2D eigenvalue weighted by molar-refractivity contribution is 0.116. The lowest BCUT2D eigenvalue weighted by atomic mass is 9.97. The maximum absolute atomic E-state index is 10.1. The number of hydrogen-bond donors (Lipinski definition) is 3. The number of pyridine rings is 1. The summed E-state index contributed by atoms with van der Waals surface area (Å²) in [5.41, 5.74) is 4.39.